The van der Waals surface area contributed by atoms with Crippen molar-refractivity contribution in [3.05, 3.63) is 63.6 Å². The van der Waals surface area contributed by atoms with E-state index in [1.54, 1.807) is 18.2 Å². The summed E-state index contributed by atoms with van der Waals surface area (Å²) in [5, 5.41) is 2.61. The minimum Gasteiger partial charge on any atom is -0.357 e. The highest BCUT2D eigenvalue weighted by molar-refractivity contribution is 9.10. The number of nitrogens with zero attached hydrogens (tertiary/aromatic N) is 2. The molecule has 0 aliphatic heterocycles. The van der Waals surface area contributed by atoms with E-state index >= 15 is 0 Å². The Balaban J connectivity index is 2.45. The van der Waals surface area contributed by atoms with Gasteiger partial charge in [0.05, 0.1) is 11.9 Å². The number of carbonyl (C=O) groups is 2. The number of likely N-dealkylation sites (N-methyl/N-ethyl adjacent to an activating group) is 1. The number of carbonyl (C=O) groups excluding carboxylic acids is 2. The van der Waals surface area contributed by atoms with E-state index in [0.717, 1.165) is 31.7 Å². The Morgan fingerprint density at radius 3 is 2.34 bits per heavy atom. The molecule has 2 rings (SSSR count). The van der Waals surface area contributed by atoms with Crippen LogP contribution in [0.5, 0.6) is 0 Å². The Kier molecular flexibility index (Phi) is 8.86. The molecular formula is C23H30BrN3O4S. The first-order chi connectivity index (χ1) is 15.0. The zero-order valence-electron chi connectivity index (χ0n) is 19.1. The van der Waals surface area contributed by atoms with Gasteiger partial charge in [0.1, 0.15) is 12.6 Å². The molecule has 1 N–H and O–H groups in total. The second kappa shape index (κ2) is 11.0. The van der Waals surface area contributed by atoms with Gasteiger partial charge >= 0.3 is 0 Å². The number of anilines is 1. The molecule has 7 nitrogen and oxygen atoms in total. The molecule has 2 aromatic rings. The molecule has 0 unspecified atom stereocenters. The number of amides is 2. The van der Waals surface area contributed by atoms with Crippen LogP contribution in [0, 0.1) is 13.8 Å². The average molecular weight is 524 g/mol. The first kappa shape index (κ1) is 25.9. The maximum atomic E-state index is 13.5. The van der Waals surface area contributed by atoms with Gasteiger partial charge in [-0.2, -0.15) is 0 Å². The summed E-state index contributed by atoms with van der Waals surface area (Å²) in [4.78, 5) is 27.5. The van der Waals surface area contributed by atoms with Gasteiger partial charge < -0.3 is 10.2 Å². The highest BCUT2D eigenvalue weighted by atomic mass is 79.9. The number of aryl methyl sites for hydroxylation is 2. The van der Waals surface area contributed by atoms with Crippen molar-refractivity contribution in [1.82, 2.24) is 10.2 Å². The smallest absolute Gasteiger partial charge is 0.244 e. The molecule has 2 amide bonds. The number of rotatable bonds is 9. The van der Waals surface area contributed by atoms with Crippen LogP contribution in [0.15, 0.2) is 46.9 Å². The zero-order chi connectivity index (χ0) is 24.1. The molecule has 0 saturated carbocycles. The number of hydrogen-bond donors (Lipinski definition) is 1. The van der Waals surface area contributed by atoms with Crippen molar-refractivity contribution in [3.63, 3.8) is 0 Å². The molecular weight excluding hydrogens is 494 g/mol. The van der Waals surface area contributed by atoms with Crippen molar-refractivity contribution >= 4 is 43.5 Å². The molecule has 32 heavy (non-hydrogen) atoms. The van der Waals surface area contributed by atoms with Crippen molar-refractivity contribution in [3.8, 4) is 0 Å². The van der Waals surface area contributed by atoms with Crippen molar-refractivity contribution < 1.29 is 18.0 Å². The van der Waals surface area contributed by atoms with Crippen molar-refractivity contribution in [2.75, 3.05) is 24.2 Å². The molecule has 0 aliphatic carbocycles. The minimum absolute atomic E-state index is 0.198. The lowest BCUT2D eigenvalue weighted by Gasteiger charge is -2.32. The van der Waals surface area contributed by atoms with Gasteiger partial charge in [-0.05, 0) is 49.6 Å². The highest BCUT2D eigenvalue weighted by Gasteiger charge is 2.31. The predicted molar refractivity (Wildman–Crippen MR) is 131 cm³/mol. The lowest BCUT2D eigenvalue weighted by molar-refractivity contribution is -0.140. The molecule has 0 heterocycles. The van der Waals surface area contributed by atoms with E-state index < -0.39 is 28.5 Å². The highest BCUT2D eigenvalue weighted by Crippen LogP contribution is 2.25. The van der Waals surface area contributed by atoms with Crippen molar-refractivity contribution in [2.45, 2.75) is 39.8 Å². The minimum atomic E-state index is -3.74. The van der Waals surface area contributed by atoms with Gasteiger partial charge in [-0.15, -0.1) is 0 Å². The first-order valence-electron chi connectivity index (χ1n) is 10.3. The summed E-state index contributed by atoms with van der Waals surface area (Å²) < 4.78 is 27.1. The molecule has 0 fully saturated rings. The van der Waals surface area contributed by atoms with Crippen LogP contribution in [-0.4, -0.2) is 51.0 Å². The maximum Gasteiger partial charge on any atom is 0.244 e. The second-order valence-electron chi connectivity index (χ2n) is 7.75. The van der Waals surface area contributed by atoms with E-state index in [-0.39, 0.29) is 12.5 Å². The molecule has 0 spiro atoms. The van der Waals surface area contributed by atoms with E-state index in [4.69, 9.17) is 0 Å². The molecule has 174 valence electrons. The van der Waals surface area contributed by atoms with Crippen LogP contribution in [-0.2, 0) is 26.2 Å². The van der Waals surface area contributed by atoms with Crippen LogP contribution in [0.2, 0.25) is 0 Å². The number of sulfonamides is 1. The second-order valence-corrected chi connectivity index (χ2v) is 10.5. The lowest BCUT2D eigenvalue weighted by Crippen LogP contribution is -2.51. The van der Waals surface area contributed by atoms with Crippen LogP contribution in [0.1, 0.15) is 30.0 Å². The van der Waals surface area contributed by atoms with Crippen LogP contribution < -0.4 is 9.62 Å². The SMILES string of the molecule is CC[C@@H](C(=O)NC)N(Cc1cccc(C)c1)C(=O)CN(c1ccc(Br)c(C)c1)S(C)(=O)=O. The maximum absolute atomic E-state index is 13.5. The van der Waals surface area contributed by atoms with Gasteiger partial charge in [0.2, 0.25) is 21.8 Å². The summed E-state index contributed by atoms with van der Waals surface area (Å²) in [5.74, 6) is -0.744. The molecule has 0 aliphatic rings. The summed E-state index contributed by atoms with van der Waals surface area (Å²) in [6.07, 6.45) is 1.46. The van der Waals surface area contributed by atoms with Crippen LogP contribution >= 0.6 is 15.9 Å². The van der Waals surface area contributed by atoms with Crippen LogP contribution in [0.4, 0.5) is 5.69 Å². The van der Waals surface area contributed by atoms with E-state index in [1.807, 2.05) is 45.0 Å². The van der Waals surface area contributed by atoms with Crippen molar-refractivity contribution in [2.24, 2.45) is 0 Å². The van der Waals surface area contributed by atoms with Gasteiger partial charge in [-0.3, -0.25) is 13.9 Å². The lowest BCUT2D eigenvalue weighted by atomic mass is 10.1. The van der Waals surface area contributed by atoms with E-state index in [1.165, 1.54) is 11.9 Å². The molecule has 0 bridgehead atoms. The topological polar surface area (TPSA) is 86.8 Å². The van der Waals surface area contributed by atoms with Crippen LogP contribution in [0.3, 0.4) is 0 Å². The summed E-state index contributed by atoms with van der Waals surface area (Å²) in [5.41, 5.74) is 3.14. The summed E-state index contributed by atoms with van der Waals surface area (Å²) in [6.45, 7) is 5.41. The zero-order valence-corrected chi connectivity index (χ0v) is 21.5. The largest absolute Gasteiger partial charge is 0.357 e. The fourth-order valence-electron chi connectivity index (χ4n) is 3.49. The van der Waals surface area contributed by atoms with Gasteiger partial charge in [-0.1, -0.05) is 52.7 Å². The van der Waals surface area contributed by atoms with E-state index in [0.29, 0.717) is 12.1 Å². The van der Waals surface area contributed by atoms with Crippen LogP contribution in [0.25, 0.3) is 0 Å². The molecule has 9 heteroatoms. The third-order valence-corrected chi connectivity index (χ3v) is 7.21. The molecule has 0 saturated heterocycles. The Morgan fingerprint density at radius 1 is 1.12 bits per heavy atom. The van der Waals surface area contributed by atoms with Crippen molar-refractivity contribution in [1.29, 1.82) is 0 Å². The fourth-order valence-corrected chi connectivity index (χ4v) is 4.58. The quantitative estimate of drug-likeness (QED) is 0.545. The third kappa shape index (κ3) is 6.56. The predicted octanol–water partition coefficient (Wildman–Crippen LogP) is 3.39. The summed E-state index contributed by atoms with van der Waals surface area (Å²) >= 11 is 3.41. The Hall–Kier alpha value is -2.39. The van der Waals surface area contributed by atoms with Gasteiger partial charge in [0.15, 0.2) is 0 Å². The Bertz CT molecular complexity index is 1090. The number of halogens is 1. The summed E-state index contributed by atoms with van der Waals surface area (Å²) in [6, 6.07) is 12.1. The number of benzene rings is 2. The standard InChI is InChI=1S/C23H30BrN3O4S/c1-6-21(23(29)25-4)26(14-18-9-7-8-16(2)12-18)22(28)15-27(32(5,30)31)19-10-11-20(24)17(3)13-19/h7-13,21H,6,14-15H2,1-5H3,(H,25,29)/t21-/m0/s1. The summed E-state index contributed by atoms with van der Waals surface area (Å²) in [7, 11) is -2.22. The number of hydrogen-bond acceptors (Lipinski definition) is 4. The number of nitrogens with one attached hydrogen (secondary N) is 1. The molecule has 2 aromatic carbocycles. The molecule has 1 atom stereocenters. The molecule has 0 radical (unpaired) electrons. The van der Waals surface area contributed by atoms with Gasteiger partial charge in [0.25, 0.3) is 0 Å². The van der Waals surface area contributed by atoms with Gasteiger partial charge in [0, 0.05) is 18.1 Å². The van der Waals surface area contributed by atoms with E-state index in [9.17, 15) is 18.0 Å². The fraction of sp³-hybridized carbons (Fsp3) is 0.391. The molecule has 0 aromatic heterocycles. The Morgan fingerprint density at radius 2 is 1.81 bits per heavy atom. The Labute approximate surface area is 199 Å². The van der Waals surface area contributed by atoms with Gasteiger partial charge in [-0.25, -0.2) is 8.42 Å². The van der Waals surface area contributed by atoms with E-state index in [2.05, 4.69) is 21.2 Å². The monoisotopic (exact) mass is 523 g/mol. The first-order valence-corrected chi connectivity index (χ1v) is 12.9. The third-order valence-electron chi connectivity index (χ3n) is 5.18. The normalized spacial score (nSPS) is 12.2. The average Bonchev–Trinajstić information content (AvgIpc) is 2.72.